The molecule has 0 spiro atoms. The number of Topliss-reactive ketones (excluding diaryl/α,β-unsaturated/α-hetero) is 1. The summed E-state index contributed by atoms with van der Waals surface area (Å²) in [5.74, 6) is -1.25. The number of rotatable bonds is 4. The quantitative estimate of drug-likeness (QED) is 0.604. The first-order chi connectivity index (χ1) is 9.52. The van der Waals surface area contributed by atoms with Crippen molar-refractivity contribution in [2.24, 2.45) is 0 Å². The molecule has 2 amide bonds. The van der Waals surface area contributed by atoms with Crippen LogP contribution in [0, 0.1) is 6.92 Å². The Morgan fingerprint density at radius 2 is 1.60 bits per heavy atom. The molecule has 0 radical (unpaired) electrons. The molecule has 106 valence electrons. The number of piperazine rings is 1. The van der Waals surface area contributed by atoms with E-state index in [9.17, 15) is 14.4 Å². The third-order valence-corrected chi connectivity index (χ3v) is 3.49. The van der Waals surface area contributed by atoms with Crippen LogP contribution in [0.5, 0.6) is 0 Å². The first kappa shape index (κ1) is 14.2. The summed E-state index contributed by atoms with van der Waals surface area (Å²) in [6, 6.07) is 7.20. The Bertz CT molecular complexity index is 537. The minimum Gasteiger partial charge on any atom is -0.333 e. The number of benzene rings is 1. The maximum Gasteiger partial charge on any atom is 0.312 e. The van der Waals surface area contributed by atoms with Crippen molar-refractivity contribution in [3.8, 4) is 0 Å². The second-order valence-electron chi connectivity index (χ2n) is 4.90. The van der Waals surface area contributed by atoms with Gasteiger partial charge in [-0.15, -0.1) is 0 Å². The van der Waals surface area contributed by atoms with Gasteiger partial charge in [-0.25, -0.2) is 0 Å². The van der Waals surface area contributed by atoms with Gasteiger partial charge in [-0.1, -0.05) is 29.8 Å². The van der Waals surface area contributed by atoms with Crippen LogP contribution in [0.3, 0.4) is 0 Å². The number of hydrogen-bond acceptors (Lipinski definition) is 3. The SMILES string of the molecule is CCN1CCN(CC(=O)c2ccc(C)cc2)C(=O)C1=O. The molecule has 1 fully saturated rings. The number of ketones is 1. The Morgan fingerprint density at radius 3 is 2.20 bits per heavy atom. The third kappa shape index (κ3) is 2.87. The van der Waals surface area contributed by atoms with Crippen molar-refractivity contribution in [1.29, 1.82) is 0 Å². The van der Waals surface area contributed by atoms with Crippen LogP contribution in [0.1, 0.15) is 22.8 Å². The number of carbonyl (C=O) groups is 3. The van der Waals surface area contributed by atoms with Crippen molar-refractivity contribution >= 4 is 17.6 Å². The zero-order valence-corrected chi connectivity index (χ0v) is 11.8. The number of amides is 2. The Hall–Kier alpha value is -2.17. The fourth-order valence-corrected chi connectivity index (χ4v) is 2.17. The molecule has 1 aliphatic heterocycles. The van der Waals surface area contributed by atoms with E-state index in [1.54, 1.807) is 12.1 Å². The molecule has 5 heteroatoms. The molecule has 2 rings (SSSR count). The van der Waals surface area contributed by atoms with E-state index in [1.807, 2.05) is 26.0 Å². The average Bonchev–Trinajstić information content (AvgIpc) is 2.45. The predicted molar refractivity (Wildman–Crippen MR) is 74.3 cm³/mol. The first-order valence-electron chi connectivity index (χ1n) is 6.71. The molecule has 1 aromatic rings. The number of hydrogen-bond donors (Lipinski definition) is 0. The fraction of sp³-hybridized carbons (Fsp3) is 0.400. The molecule has 0 aliphatic carbocycles. The van der Waals surface area contributed by atoms with Crippen LogP contribution in [-0.4, -0.2) is 53.6 Å². The van der Waals surface area contributed by atoms with Gasteiger partial charge in [0.2, 0.25) is 0 Å². The molecule has 20 heavy (non-hydrogen) atoms. The lowest BCUT2D eigenvalue weighted by Crippen LogP contribution is -2.55. The zero-order chi connectivity index (χ0) is 14.7. The molecule has 0 aromatic heterocycles. The Morgan fingerprint density at radius 1 is 1.05 bits per heavy atom. The average molecular weight is 274 g/mol. The molecule has 1 aromatic carbocycles. The fourth-order valence-electron chi connectivity index (χ4n) is 2.17. The number of nitrogens with zero attached hydrogens (tertiary/aromatic N) is 2. The van der Waals surface area contributed by atoms with E-state index in [1.165, 1.54) is 9.80 Å². The lowest BCUT2D eigenvalue weighted by atomic mass is 10.1. The summed E-state index contributed by atoms with van der Waals surface area (Å²) in [6.07, 6.45) is 0. The molecule has 5 nitrogen and oxygen atoms in total. The predicted octanol–water partition coefficient (Wildman–Crippen LogP) is 0.868. The largest absolute Gasteiger partial charge is 0.333 e. The molecule has 0 atom stereocenters. The van der Waals surface area contributed by atoms with Gasteiger partial charge in [0.05, 0.1) is 6.54 Å². The number of aryl methyl sites for hydroxylation is 1. The van der Waals surface area contributed by atoms with Crippen LogP contribution in [-0.2, 0) is 9.59 Å². The van der Waals surface area contributed by atoms with Crippen molar-refractivity contribution in [3.05, 3.63) is 35.4 Å². The summed E-state index contributed by atoms with van der Waals surface area (Å²) in [5, 5.41) is 0. The standard InChI is InChI=1S/C15H18N2O3/c1-3-16-8-9-17(15(20)14(16)19)10-13(18)12-6-4-11(2)5-7-12/h4-7H,3,8-10H2,1-2H3. The molecule has 0 unspecified atom stereocenters. The molecule has 1 heterocycles. The van der Waals surface area contributed by atoms with Crippen molar-refractivity contribution in [3.63, 3.8) is 0 Å². The van der Waals surface area contributed by atoms with Crippen LogP contribution in [0.25, 0.3) is 0 Å². The maximum absolute atomic E-state index is 12.1. The van der Waals surface area contributed by atoms with Gasteiger partial charge in [0.15, 0.2) is 5.78 Å². The summed E-state index contributed by atoms with van der Waals surface area (Å²) in [4.78, 5) is 38.6. The van der Waals surface area contributed by atoms with Crippen LogP contribution >= 0.6 is 0 Å². The summed E-state index contributed by atoms with van der Waals surface area (Å²) >= 11 is 0. The van der Waals surface area contributed by atoms with Gasteiger partial charge in [0, 0.05) is 25.2 Å². The van der Waals surface area contributed by atoms with Crippen molar-refractivity contribution in [2.75, 3.05) is 26.2 Å². The molecular weight excluding hydrogens is 256 g/mol. The van der Waals surface area contributed by atoms with Gasteiger partial charge >= 0.3 is 11.8 Å². The summed E-state index contributed by atoms with van der Waals surface area (Å²) in [7, 11) is 0. The topological polar surface area (TPSA) is 57.7 Å². The highest BCUT2D eigenvalue weighted by Crippen LogP contribution is 2.09. The summed E-state index contributed by atoms with van der Waals surface area (Å²) in [6.45, 7) is 5.16. The van der Waals surface area contributed by atoms with E-state index in [-0.39, 0.29) is 12.3 Å². The number of likely N-dealkylation sites (N-methyl/N-ethyl adjacent to an activating group) is 1. The highest BCUT2D eigenvalue weighted by Gasteiger charge is 2.32. The van der Waals surface area contributed by atoms with Crippen molar-refractivity contribution < 1.29 is 14.4 Å². The van der Waals surface area contributed by atoms with Crippen LogP contribution < -0.4 is 0 Å². The zero-order valence-electron chi connectivity index (χ0n) is 11.8. The minimum atomic E-state index is -0.585. The van der Waals surface area contributed by atoms with Crippen molar-refractivity contribution in [2.45, 2.75) is 13.8 Å². The van der Waals surface area contributed by atoms with Crippen LogP contribution in [0.15, 0.2) is 24.3 Å². The van der Waals surface area contributed by atoms with E-state index in [2.05, 4.69) is 0 Å². The first-order valence-corrected chi connectivity index (χ1v) is 6.71. The van der Waals surface area contributed by atoms with E-state index < -0.39 is 11.8 Å². The van der Waals surface area contributed by atoms with Gasteiger partial charge < -0.3 is 9.80 Å². The second-order valence-corrected chi connectivity index (χ2v) is 4.90. The summed E-state index contributed by atoms with van der Waals surface area (Å²) in [5.41, 5.74) is 1.64. The molecular formula is C15H18N2O3. The third-order valence-electron chi connectivity index (χ3n) is 3.49. The normalized spacial score (nSPS) is 15.7. The van der Waals surface area contributed by atoms with Gasteiger partial charge in [-0.3, -0.25) is 14.4 Å². The summed E-state index contributed by atoms with van der Waals surface area (Å²) < 4.78 is 0. The van der Waals surface area contributed by atoms with Crippen LogP contribution in [0.2, 0.25) is 0 Å². The lowest BCUT2D eigenvalue weighted by molar-refractivity contribution is -0.155. The molecule has 1 aliphatic rings. The van der Waals surface area contributed by atoms with E-state index in [4.69, 9.17) is 0 Å². The smallest absolute Gasteiger partial charge is 0.312 e. The van der Waals surface area contributed by atoms with E-state index in [0.29, 0.717) is 25.2 Å². The minimum absolute atomic E-state index is 0.0365. The van der Waals surface area contributed by atoms with Crippen LogP contribution in [0.4, 0.5) is 0 Å². The highest BCUT2D eigenvalue weighted by molar-refractivity contribution is 6.35. The van der Waals surface area contributed by atoms with E-state index >= 15 is 0 Å². The number of carbonyl (C=O) groups excluding carboxylic acids is 3. The van der Waals surface area contributed by atoms with Crippen molar-refractivity contribution in [1.82, 2.24) is 9.80 Å². The van der Waals surface area contributed by atoms with E-state index in [0.717, 1.165) is 5.56 Å². The Labute approximate surface area is 118 Å². The van der Waals surface area contributed by atoms with Gasteiger partial charge in [-0.05, 0) is 13.8 Å². The molecule has 0 N–H and O–H groups in total. The lowest BCUT2D eigenvalue weighted by Gasteiger charge is -2.32. The highest BCUT2D eigenvalue weighted by atomic mass is 16.2. The van der Waals surface area contributed by atoms with Gasteiger partial charge in [-0.2, -0.15) is 0 Å². The molecule has 1 saturated heterocycles. The van der Waals surface area contributed by atoms with Gasteiger partial charge in [0.25, 0.3) is 0 Å². The molecule has 0 bridgehead atoms. The monoisotopic (exact) mass is 274 g/mol. The maximum atomic E-state index is 12.1. The Kier molecular flexibility index (Phi) is 4.17. The molecule has 0 saturated carbocycles. The Balaban J connectivity index is 2.03. The second kappa shape index (κ2) is 5.86. The van der Waals surface area contributed by atoms with Gasteiger partial charge in [0.1, 0.15) is 0 Å².